The summed E-state index contributed by atoms with van der Waals surface area (Å²) < 4.78 is 17.2. The third kappa shape index (κ3) is 4.74. The third-order valence-corrected chi connectivity index (χ3v) is 5.08. The van der Waals surface area contributed by atoms with E-state index in [1.54, 1.807) is 6.92 Å². The Morgan fingerprint density at radius 2 is 1.63 bits per heavy atom. The van der Waals surface area contributed by atoms with Crippen LogP contribution in [0.25, 0.3) is 0 Å². The molecule has 0 fully saturated rings. The lowest BCUT2D eigenvalue weighted by molar-refractivity contribution is 0.126. The summed E-state index contributed by atoms with van der Waals surface area (Å²) >= 11 is 0. The zero-order valence-corrected chi connectivity index (χ0v) is 16.9. The van der Waals surface area contributed by atoms with Gasteiger partial charge in [0.2, 0.25) is 0 Å². The van der Waals surface area contributed by atoms with Gasteiger partial charge in [0.05, 0.1) is 12.6 Å². The van der Waals surface area contributed by atoms with E-state index in [2.05, 4.69) is 11.4 Å². The van der Waals surface area contributed by atoms with Crippen molar-refractivity contribution in [1.29, 1.82) is 0 Å². The number of amides is 1. The first kappa shape index (κ1) is 19.8. The van der Waals surface area contributed by atoms with Gasteiger partial charge in [-0.15, -0.1) is 0 Å². The van der Waals surface area contributed by atoms with Gasteiger partial charge in [-0.05, 0) is 54.3 Å². The molecule has 2 unspecified atom stereocenters. The number of ether oxygens (including phenoxy) is 3. The number of hydrogen-bond acceptors (Lipinski definition) is 4. The van der Waals surface area contributed by atoms with Crippen LogP contribution in [0.2, 0.25) is 0 Å². The van der Waals surface area contributed by atoms with Crippen molar-refractivity contribution < 1.29 is 19.0 Å². The van der Waals surface area contributed by atoms with E-state index in [1.165, 1.54) is 5.56 Å². The standard InChI is InChI=1S/C25H25NO4/c1-2-28-25(27)26-23-16-19-10-6-7-11-22(19)24(23)30-21-14-12-20(13-15-21)29-17-18-8-4-3-5-9-18/h3-15,23-24H,2,16-17H2,1H3,(H,26,27). The van der Waals surface area contributed by atoms with Crippen LogP contribution < -0.4 is 14.8 Å². The second-order valence-corrected chi connectivity index (χ2v) is 7.16. The summed E-state index contributed by atoms with van der Waals surface area (Å²) in [5.41, 5.74) is 3.38. The van der Waals surface area contributed by atoms with Crippen molar-refractivity contribution in [3.63, 3.8) is 0 Å². The molecule has 30 heavy (non-hydrogen) atoms. The molecule has 4 rings (SSSR count). The SMILES string of the molecule is CCOC(=O)NC1Cc2ccccc2C1Oc1ccc(OCc2ccccc2)cc1. The van der Waals surface area contributed by atoms with Gasteiger partial charge in [0, 0.05) is 0 Å². The molecule has 3 aromatic rings. The lowest BCUT2D eigenvalue weighted by Gasteiger charge is -2.23. The summed E-state index contributed by atoms with van der Waals surface area (Å²) in [7, 11) is 0. The van der Waals surface area contributed by atoms with Crippen LogP contribution in [0.15, 0.2) is 78.9 Å². The molecule has 3 aromatic carbocycles. The van der Waals surface area contributed by atoms with Crippen LogP contribution >= 0.6 is 0 Å². The van der Waals surface area contributed by atoms with E-state index in [-0.39, 0.29) is 12.1 Å². The Morgan fingerprint density at radius 1 is 0.933 bits per heavy atom. The van der Waals surface area contributed by atoms with E-state index in [4.69, 9.17) is 14.2 Å². The molecule has 0 saturated heterocycles. The van der Waals surface area contributed by atoms with Crippen molar-refractivity contribution in [1.82, 2.24) is 5.32 Å². The van der Waals surface area contributed by atoms with Crippen LogP contribution in [0, 0.1) is 0 Å². The molecule has 0 bridgehead atoms. The minimum absolute atomic E-state index is 0.185. The number of fused-ring (bicyclic) bond motifs is 1. The number of nitrogens with one attached hydrogen (secondary N) is 1. The molecule has 0 aliphatic heterocycles. The summed E-state index contributed by atoms with van der Waals surface area (Å²) in [4.78, 5) is 12.0. The van der Waals surface area contributed by atoms with Gasteiger partial charge in [0.25, 0.3) is 0 Å². The number of alkyl carbamates (subject to hydrolysis) is 1. The fraction of sp³-hybridized carbons (Fsp3) is 0.240. The number of carbonyl (C=O) groups excluding carboxylic acids is 1. The molecule has 0 radical (unpaired) electrons. The first-order chi connectivity index (χ1) is 14.7. The summed E-state index contributed by atoms with van der Waals surface area (Å²) in [6, 6.07) is 25.5. The van der Waals surface area contributed by atoms with Gasteiger partial charge in [-0.3, -0.25) is 0 Å². The average Bonchev–Trinajstić information content (AvgIpc) is 3.11. The van der Waals surface area contributed by atoms with Gasteiger partial charge < -0.3 is 19.5 Å². The maximum absolute atomic E-state index is 12.0. The molecule has 1 aliphatic carbocycles. The predicted molar refractivity (Wildman–Crippen MR) is 115 cm³/mol. The number of benzene rings is 3. The fourth-order valence-corrected chi connectivity index (χ4v) is 3.66. The largest absolute Gasteiger partial charge is 0.489 e. The van der Waals surface area contributed by atoms with Gasteiger partial charge in [-0.2, -0.15) is 0 Å². The molecule has 5 nitrogen and oxygen atoms in total. The van der Waals surface area contributed by atoms with Gasteiger partial charge in [-0.1, -0.05) is 54.6 Å². The minimum Gasteiger partial charge on any atom is -0.489 e. The minimum atomic E-state index is -0.423. The Balaban J connectivity index is 1.43. The van der Waals surface area contributed by atoms with Crippen molar-refractivity contribution in [2.45, 2.75) is 32.1 Å². The summed E-state index contributed by atoms with van der Waals surface area (Å²) in [6.45, 7) is 2.64. The van der Waals surface area contributed by atoms with Gasteiger partial charge in [0.1, 0.15) is 24.2 Å². The molecule has 154 valence electrons. The lowest BCUT2D eigenvalue weighted by atomic mass is 10.1. The van der Waals surface area contributed by atoms with E-state index in [9.17, 15) is 4.79 Å². The first-order valence-electron chi connectivity index (χ1n) is 10.2. The molecular weight excluding hydrogens is 378 g/mol. The molecule has 0 aromatic heterocycles. The second kappa shape index (κ2) is 9.35. The van der Waals surface area contributed by atoms with E-state index in [0.29, 0.717) is 19.6 Å². The topological polar surface area (TPSA) is 56.8 Å². The maximum Gasteiger partial charge on any atom is 0.407 e. The predicted octanol–water partition coefficient (Wildman–Crippen LogP) is 5.06. The molecule has 5 heteroatoms. The van der Waals surface area contributed by atoms with Crippen LogP contribution in [-0.2, 0) is 17.8 Å². The van der Waals surface area contributed by atoms with Crippen LogP contribution in [-0.4, -0.2) is 18.7 Å². The van der Waals surface area contributed by atoms with Gasteiger partial charge >= 0.3 is 6.09 Å². The zero-order valence-electron chi connectivity index (χ0n) is 16.9. The van der Waals surface area contributed by atoms with Crippen molar-refractivity contribution in [2.75, 3.05) is 6.61 Å². The molecule has 1 aliphatic rings. The van der Waals surface area contributed by atoms with Crippen molar-refractivity contribution in [3.05, 3.63) is 95.6 Å². The molecule has 1 N–H and O–H groups in total. The average molecular weight is 403 g/mol. The maximum atomic E-state index is 12.0. The van der Waals surface area contributed by atoms with E-state index in [1.807, 2.05) is 72.8 Å². The smallest absolute Gasteiger partial charge is 0.407 e. The molecular formula is C25H25NO4. The van der Waals surface area contributed by atoms with Crippen molar-refractivity contribution >= 4 is 6.09 Å². The number of hydrogen-bond donors (Lipinski definition) is 1. The normalized spacial score (nSPS) is 17.1. The van der Waals surface area contributed by atoms with E-state index < -0.39 is 6.09 Å². The summed E-state index contributed by atoms with van der Waals surface area (Å²) in [5, 5.41) is 2.94. The van der Waals surface area contributed by atoms with Crippen LogP contribution in [0.4, 0.5) is 4.79 Å². The molecule has 0 heterocycles. The Kier molecular flexibility index (Phi) is 6.18. The molecule has 0 saturated carbocycles. The highest BCUT2D eigenvalue weighted by atomic mass is 16.5. The van der Waals surface area contributed by atoms with Gasteiger partial charge in [0.15, 0.2) is 0 Å². The van der Waals surface area contributed by atoms with Crippen LogP contribution in [0.3, 0.4) is 0 Å². The highest BCUT2D eigenvalue weighted by Crippen LogP contribution is 2.35. The number of carbonyl (C=O) groups is 1. The molecule has 0 spiro atoms. The highest BCUT2D eigenvalue weighted by molar-refractivity contribution is 5.68. The van der Waals surface area contributed by atoms with Crippen molar-refractivity contribution in [3.8, 4) is 11.5 Å². The van der Waals surface area contributed by atoms with Gasteiger partial charge in [-0.25, -0.2) is 4.79 Å². The zero-order chi connectivity index (χ0) is 20.8. The van der Waals surface area contributed by atoms with Crippen LogP contribution in [0.1, 0.15) is 29.7 Å². The quantitative estimate of drug-likeness (QED) is 0.599. The fourth-order valence-electron chi connectivity index (χ4n) is 3.66. The van der Waals surface area contributed by atoms with Crippen LogP contribution in [0.5, 0.6) is 11.5 Å². The highest BCUT2D eigenvalue weighted by Gasteiger charge is 2.35. The molecule has 1 amide bonds. The lowest BCUT2D eigenvalue weighted by Crippen LogP contribution is -2.39. The molecule has 2 atom stereocenters. The van der Waals surface area contributed by atoms with E-state index >= 15 is 0 Å². The Morgan fingerprint density at radius 3 is 2.40 bits per heavy atom. The Hall–Kier alpha value is -3.47. The third-order valence-electron chi connectivity index (χ3n) is 5.08. The monoisotopic (exact) mass is 403 g/mol. The number of rotatable bonds is 7. The summed E-state index contributed by atoms with van der Waals surface area (Å²) in [5.74, 6) is 1.50. The summed E-state index contributed by atoms with van der Waals surface area (Å²) in [6.07, 6.45) is 0.00744. The Bertz CT molecular complexity index is 972. The Labute approximate surface area is 176 Å². The first-order valence-corrected chi connectivity index (χ1v) is 10.2. The van der Waals surface area contributed by atoms with E-state index in [0.717, 1.165) is 22.6 Å². The second-order valence-electron chi connectivity index (χ2n) is 7.16. The van der Waals surface area contributed by atoms with Crippen molar-refractivity contribution in [2.24, 2.45) is 0 Å².